The number of rotatable bonds is 8. The van der Waals surface area contributed by atoms with Crippen LogP contribution in [0.15, 0.2) is 231 Å². The van der Waals surface area contributed by atoms with Gasteiger partial charge in [-0.15, -0.1) is 0 Å². The van der Waals surface area contributed by atoms with Crippen molar-refractivity contribution in [1.29, 1.82) is 0 Å². The van der Waals surface area contributed by atoms with Gasteiger partial charge in [0.25, 0.3) is 0 Å². The summed E-state index contributed by atoms with van der Waals surface area (Å²) in [5.74, 6) is 0. The molecule has 2 heteroatoms. The van der Waals surface area contributed by atoms with E-state index in [1.165, 1.54) is 54.6 Å². The number of hydrogen-bond acceptors (Lipinski definition) is 2. The molecule has 0 N–H and O–H groups in total. The molecule has 0 amide bonds. The second kappa shape index (κ2) is 14.4. The molecular formula is C54H38N2. The van der Waals surface area contributed by atoms with Gasteiger partial charge in [-0.2, -0.15) is 0 Å². The molecule has 0 aliphatic rings. The molecule has 0 saturated carbocycles. The molecule has 2 nitrogen and oxygen atoms in total. The van der Waals surface area contributed by atoms with E-state index >= 15 is 0 Å². The van der Waals surface area contributed by atoms with Gasteiger partial charge < -0.3 is 9.80 Å². The van der Waals surface area contributed by atoms with Crippen molar-refractivity contribution in [3.8, 4) is 22.3 Å². The second-order valence-electron chi connectivity index (χ2n) is 14.1. The molecule has 0 aliphatic carbocycles. The molecule has 0 saturated heterocycles. The minimum Gasteiger partial charge on any atom is -0.310 e. The van der Waals surface area contributed by atoms with Crippen LogP contribution >= 0.6 is 0 Å². The van der Waals surface area contributed by atoms with Crippen LogP contribution in [0, 0.1) is 0 Å². The molecule has 264 valence electrons. The van der Waals surface area contributed by atoms with Crippen LogP contribution < -0.4 is 9.80 Å². The Labute approximate surface area is 327 Å². The van der Waals surface area contributed by atoms with E-state index in [4.69, 9.17) is 0 Å². The second-order valence-corrected chi connectivity index (χ2v) is 14.1. The van der Waals surface area contributed by atoms with Crippen LogP contribution in [0.3, 0.4) is 0 Å². The fourth-order valence-electron chi connectivity index (χ4n) is 8.20. The molecule has 0 bridgehead atoms. The lowest BCUT2D eigenvalue weighted by atomic mass is 9.92. The number of para-hydroxylation sites is 2. The third kappa shape index (κ3) is 6.04. The van der Waals surface area contributed by atoms with E-state index in [9.17, 15) is 0 Å². The Morgan fingerprint density at radius 2 is 0.536 bits per heavy atom. The number of hydrogen-bond donors (Lipinski definition) is 0. The maximum atomic E-state index is 2.36. The number of fused-ring (bicyclic) bond motifs is 3. The van der Waals surface area contributed by atoms with Crippen molar-refractivity contribution in [3.63, 3.8) is 0 Å². The summed E-state index contributed by atoms with van der Waals surface area (Å²) < 4.78 is 0. The summed E-state index contributed by atoms with van der Waals surface area (Å²) in [5, 5.41) is 7.36. The Kier molecular flexibility index (Phi) is 8.55. The highest BCUT2D eigenvalue weighted by Crippen LogP contribution is 2.43. The number of anilines is 6. The topological polar surface area (TPSA) is 6.48 Å². The van der Waals surface area contributed by atoms with Crippen LogP contribution in [0.2, 0.25) is 0 Å². The van der Waals surface area contributed by atoms with E-state index in [0.29, 0.717) is 0 Å². The van der Waals surface area contributed by atoms with Crippen molar-refractivity contribution in [3.05, 3.63) is 231 Å². The Morgan fingerprint density at radius 3 is 0.946 bits per heavy atom. The van der Waals surface area contributed by atoms with Crippen molar-refractivity contribution in [1.82, 2.24) is 0 Å². The van der Waals surface area contributed by atoms with Gasteiger partial charge in [-0.05, 0) is 104 Å². The minimum atomic E-state index is 1.12. The first-order valence-electron chi connectivity index (χ1n) is 19.2. The highest BCUT2D eigenvalue weighted by molar-refractivity contribution is 6.06. The van der Waals surface area contributed by atoms with E-state index in [2.05, 4.69) is 240 Å². The predicted octanol–water partition coefficient (Wildman–Crippen LogP) is 15.4. The zero-order valence-electron chi connectivity index (χ0n) is 30.8. The van der Waals surface area contributed by atoms with Gasteiger partial charge in [0.15, 0.2) is 0 Å². The Balaban J connectivity index is 1.02. The van der Waals surface area contributed by atoms with Crippen LogP contribution in [0.25, 0.3) is 54.6 Å². The van der Waals surface area contributed by atoms with Crippen LogP contribution in [-0.2, 0) is 0 Å². The molecule has 0 aliphatic heterocycles. The first kappa shape index (κ1) is 33.2. The summed E-state index contributed by atoms with van der Waals surface area (Å²) in [6.45, 7) is 0. The molecule has 0 fully saturated rings. The zero-order valence-corrected chi connectivity index (χ0v) is 30.8. The Bertz CT molecular complexity index is 2740. The number of nitrogens with zero attached hydrogens (tertiary/aromatic N) is 2. The van der Waals surface area contributed by atoms with Crippen LogP contribution in [-0.4, -0.2) is 0 Å². The average molecular weight is 715 g/mol. The molecule has 0 radical (unpaired) electrons. The van der Waals surface area contributed by atoms with Crippen LogP contribution in [0.5, 0.6) is 0 Å². The SMILES string of the molecule is c1ccc(N(c2ccc(-c3ccc(-c4ccc(N(c5ccccc5)c5cccc6ccccc56)cc4)c4ccccc34)cc2)c2cccc3ccccc23)cc1. The fraction of sp³-hybridized carbons (Fsp3) is 0. The standard InChI is InChI=1S/C54H38N2/c1-3-19-43(20-4-1)55(53-27-13-17-39-15-7-9-23-49(39)53)45-33-29-41(30-34-45)47-37-38-48(52-26-12-11-25-51(47)52)42-31-35-46(36-32-42)56(44-21-5-2-6-22-44)54-28-14-18-40-16-8-10-24-50(40)54/h1-38H. The smallest absolute Gasteiger partial charge is 0.0540 e. The third-order valence-corrected chi connectivity index (χ3v) is 10.8. The fourth-order valence-corrected chi connectivity index (χ4v) is 8.20. The van der Waals surface area contributed by atoms with Gasteiger partial charge in [0.2, 0.25) is 0 Å². The van der Waals surface area contributed by atoms with E-state index in [0.717, 1.165) is 34.1 Å². The maximum absolute atomic E-state index is 2.36. The van der Waals surface area contributed by atoms with E-state index in [1.54, 1.807) is 0 Å². The number of benzene rings is 10. The lowest BCUT2D eigenvalue weighted by Gasteiger charge is -2.27. The highest BCUT2D eigenvalue weighted by Gasteiger charge is 2.18. The summed E-state index contributed by atoms with van der Waals surface area (Å²) in [4.78, 5) is 4.71. The van der Waals surface area contributed by atoms with Crippen molar-refractivity contribution in [2.75, 3.05) is 9.80 Å². The normalized spacial score (nSPS) is 11.2. The van der Waals surface area contributed by atoms with Gasteiger partial charge >= 0.3 is 0 Å². The first-order chi connectivity index (χ1) is 27.8. The summed E-state index contributed by atoms with van der Waals surface area (Å²) >= 11 is 0. The first-order valence-corrected chi connectivity index (χ1v) is 19.2. The lowest BCUT2D eigenvalue weighted by molar-refractivity contribution is 1.30. The average Bonchev–Trinajstić information content (AvgIpc) is 3.28. The van der Waals surface area contributed by atoms with Crippen molar-refractivity contribution in [2.45, 2.75) is 0 Å². The van der Waals surface area contributed by atoms with E-state index in [1.807, 2.05) is 0 Å². The molecule has 0 atom stereocenters. The molecule has 0 heterocycles. The van der Waals surface area contributed by atoms with Crippen molar-refractivity contribution < 1.29 is 0 Å². The monoisotopic (exact) mass is 714 g/mol. The molecule has 10 aromatic rings. The molecule has 10 rings (SSSR count). The molecule has 56 heavy (non-hydrogen) atoms. The molecule has 0 spiro atoms. The maximum Gasteiger partial charge on any atom is 0.0540 e. The third-order valence-electron chi connectivity index (χ3n) is 10.8. The van der Waals surface area contributed by atoms with Gasteiger partial charge in [-0.25, -0.2) is 0 Å². The highest BCUT2D eigenvalue weighted by atomic mass is 15.1. The Morgan fingerprint density at radius 1 is 0.214 bits per heavy atom. The van der Waals surface area contributed by atoms with Gasteiger partial charge in [-0.3, -0.25) is 0 Å². The van der Waals surface area contributed by atoms with Crippen molar-refractivity contribution >= 4 is 66.4 Å². The van der Waals surface area contributed by atoms with Gasteiger partial charge in [0.1, 0.15) is 0 Å². The quantitative estimate of drug-likeness (QED) is 0.155. The molecular weight excluding hydrogens is 677 g/mol. The van der Waals surface area contributed by atoms with Gasteiger partial charge in [-0.1, -0.05) is 170 Å². The van der Waals surface area contributed by atoms with Crippen LogP contribution in [0.1, 0.15) is 0 Å². The summed E-state index contributed by atoms with van der Waals surface area (Å²) in [6, 6.07) is 83.0. The van der Waals surface area contributed by atoms with E-state index < -0.39 is 0 Å². The van der Waals surface area contributed by atoms with Crippen molar-refractivity contribution in [2.24, 2.45) is 0 Å². The van der Waals surface area contributed by atoms with Crippen LogP contribution in [0.4, 0.5) is 34.1 Å². The molecule has 0 unspecified atom stereocenters. The van der Waals surface area contributed by atoms with Gasteiger partial charge in [0.05, 0.1) is 11.4 Å². The Hall–Kier alpha value is -7.42. The van der Waals surface area contributed by atoms with Gasteiger partial charge in [0, 0.05) is 33.5 Å². The zero-order chi connectivity index (χ0) is 37.3. The van der Waals surface area contributed by atoms with E-state index in [-0.39, 0.29) is 0 Å². The molecule has 0 aromatic heterocycles. The summed E-state index contributed by atoms with van der Waals surface area (Å²) in [7, 11) is 0. The predicted molar refractivity (Wildman–Crippen MR) is 239 cm³/mol. The summed E-state index contributed by atoms with van der Waals surface area (Å²) in [5.41, 5.74) is 11.6. The largest absolute Gasteiger partial charge is 0.310 e. The summed E-state index contributed by atoms with van der Waals surface area (Å²) in [6.07, 6.45) is 0. The lowest BCUT2D eigenvalue weighted by Crippen LogP contribution is -2.10. The minimum absolute atomic E-state index is 1.12. The molecule has 10 aromatic carbocycles.